The molecule has 86 valence electrons. The molecule has 1 aromatic carbocycles. The summed E-state index contributed by atoms with van der Waals surface area (Å²) in [6, 6.07) is 8.01. The van der Waals surface area contributed by atoms with E-state index in [1.807, 2.05) is 24.3 Å². The Balaban J connectivity index is 1.76. The van der Waals surface area contributed by atoms with E-state index in [0.717, 1.165) is 11.1 Å². The molecule has 1 saturated carbocycles. The molecule has 1 N–H and O–H groups in total. The second kappa shape index (κ2) is 5.35. The Hall–Kier alpha value is -1.02. The molecule has 0 radical (unpaired) electrons. The summed E-state index contributed by atoms with van der Waals surface area (Å²) < 4.78 is 0. The van der Waals surface area contributed by atoms with Crippen molar-refractivity contribution in [1.29, 1.82) is 0 Å². The molecule has 0 atom stereocenters. The Bertz CT molecular complexity index is 357. The summed E-state index contributed by atoms with van der Waals surface area (Å²) in [6.45, 7) is 0.619. The number of rotatable bonds is 5. The van der Waals surface area contributed by atoms with Crippen molar-refractivity contribution in [3.63, 3.8) is 0 Å². The molecule has 0 spiro atoms. The summed E-state index contributed by atoms with van der Waals surface area (Å²) in [5.41, 5.74) is 2.23. The highest BCUT2D eigenvalue weighted by molar-refractivity contribution is 6.17. The number of carbonyl (C=O) groups excluding carboxylic acids is 1. The predicted octanol–water partition coefficient (Wildman–Crippen LogP) is 2.84. The third-order valence-electron chi connectivity index (χ3n) is 2.84. The Morgan fingerprint density at radius 3 is 2.44 bits per heavy atom. The maximum absolute atomic E-state index is 11.5. The molecule has 1 aromatic rings. The maximum Gasteiger partial charge on any atom is 0.220 e. The first-order chi connectivity index (χ1) is 7.78. The van der Waals surface area contributed by atoms with Crippen LogP contribution in [-0.4, -0.2) is 5.91 Å². The van der Waals surface area contributed by atoms with Crippen LogP contribution in [0.3, 0.4) is 0 Å². The van der Waals surface area contributed by atoms with Crippen molar-refractivity contribution in [2.24, 2.45) is 5.92 Å². The topological polar surface area (TPSA) is 29.1 Å². The molecule has 0 saturated heterocycles. The van der Waals surface area contributed by atoms with E-state index in [4.69, 9.17) is 11.6 Å². The van der Waals surface area contributed by atoms with Gasteiger partial charge in [0, 0.05) is 18.8 Å². The molecule has 0 unspecified atom stereocenters. The minimum Gasteiger partial charge on any atom is -0.352 e. The third-order valence-corrected chi connectivity index (χ3v) is 3.15. The lowest BCUT2D eigenvalue weighted by atomic mass is 10.1. The van der Waals surface area contributed by atoms with Gasteiger partial charge >= 0.3 is 0 Å². The summed E-state index contributed by atoms with van der Waals surface area (Å²) in [6.07, 6.45) is 3.13. The van der Waals surface area contributed by atoms with Crippen LogP contribution in [0.5, 0.6) is 0 Å². The van der Waals surface area contributed by atoms with Crippen LogP contribution in [0.15, 0.2) is 24.3 Å². The fraction of sp³-hybridized carbons (Fsp3) is 0.462. The molecule has 1 fully saturated rings. The first kappa shape index (κ1) is 11.5. The van der Waals surface area contributed by atoms with Crippen LogP contribution in [0.4, 0.5) is 0 Å². The van der Waals surface area contributed by atoms with Crippen molar-refractivity contribution in [3.8, 4) is 0 Å². The van der Waals surface area contributed by atoms with Gasteiger partial charge in [-0.1, -0.05) is 24.3 Å². The van der Waals surface area contributed by atoms with Gasteiger partial charge in [-0.3, -0.25) is 4.79 Å². The second-order valence-electron chi connectivity index (χ2n) is 4.37. The van der Waals surface area contributed by atoms with Crippen molar-refractivity contribution in [2.75, 3.05) is 0 Å². The zero-order valence-electron chi connectivity index (χ0n) is 9.21. The normalized spacial score (nSPS) is 14.8. The first-order valence-electron chi connectivity index (χ1n) is 5.68. The number of amides is 1. The van der Waals surface area contributed by atoms with Crippen LogP contribution in [0.25, 0.3) is 0 Å². The van der Waals surface area contributed by atoms with Crippen LogP contribution >= 0.6 is 11.6 Å². The number of carbonyl (C=O) groups is 1. The lowest BCUT2D eigenvalue weighted by molar-refractivity contribution is -0.121. The van der Waals surface area contributed by atoms with E-state index >= 15 is 0 Å². The summed E-state index contributed by atoms with van der Waals surface area (Å²) in [5, 5.41) is 2.94. The molecule has 2 nitrogen and oxygen atoms in total. The quantitative estimate of drug-likeness (QED) is 0.784. The van der Waals surface area contributed by atoms with Gasteiger partial charge in [-0.25, -0.2) is 0 Å². The van der Waals surface area contributed by atoms with Crippen molar-refractivity contribution in [3.05, 3.63) is 35.4 Å². The van der Waals surface area contributed by atoms with Crippen LogP contribution in [0.2, 0.25) is 0 Å². The minimum absolute atomic E-state index is 0.170. The smallest absolute Gasteiger partial charge is 0.220 e. The molecule has 2 rings (SSSR count). The molecular formula is C13H16ClNO. The van der Waals surface area contributed by atoms with Gasteiger partial charge in [0.05, 0.1) is 0 Å². The Morgan fingerprint density at radius 1 is 1.25 bits per heavy atom. The van der Waals surface area contributed by atoms with E-state index in [1.54, 1.807) is 0 Å². The lowest BCUT2D eigenvalue weighted by Crippen LogP contribution is -2.22. The highest BCUT2D eigenvalue weighted by Gasteiger charge is 2.23. The van der Waals surface area contributed by atoms with Gasteiger partial charge in [-0.05, 0) is 29.9 Å². The Kier molecular flexibility index (Phi) is 3.83. The summed E-state index contributed by atoms with van der Waals surface area (Å²) in [7, 11) is 0. The molecule has 1 aliphatic carbocycles. The summed E-state index contributed by atoms with van der Waals surface area (Å²) >= 11 is 5.70. The van der Waals surface area contributed by atoms with Crippen LogP contribution in [0, 0.1) is 5.92 Å². The second-order valence-corrected chi connectivity index (χ2v) is 4.64. The molecule has 0 bridgehead atoms. The third kappa shape index (κ3) is 3.53. The molecule has 0 aromatic heterocycles. The molecule has 3 heteroatoms. The number of halogens is 1. The van der Waals surface area contributed by atoms with Crippen LogP contribution in [0.1, 0.15) is 30.4 Å². The van der Waals surface area contributed by atoms with Crippen molar-refractivity contribution < 1.29 is 4.79 Å². The van der Waals surface area contributed by atoms with E-state index in [9.17, 15) is 4.79 Å². The molecule has 1 aliphatic rings. The fourth-order valence-corrected chi connectivity index (χ4v) is 1.78. The molecule has 1 amide bonds. The highest BCUT2D eigenvalue weighted by atomic mass is 35.5. The fourth-order valence-electron chi connectivity index (χ4n) is 1.60. The molecule has 0 aliphatic heterocycles. The predicted molar refractivity (Wildman–Crippen MR) is 65.2 cm³/mol. The van der Waals surface area contributed by atoms with E-state index in [1.165, 1.54) is 12.8 Å². The maximum atomic E-state index is 11.5. The average molecular weight is 238 g/mol. The van der Waals surface area contributed by atoms with Crippen molar-refractivity contribution >= 4 is 17.5 Å². The van der Waals surface area contributed by atoms with Crippen molar-refractivity contribution in [1.82, 2.24) is 5.32 Å². The zero-order valence-corrected chi connectivity index (χ0v) is 9.96. The van der Waals surface area contributed by atoms with Gasteiger partial charge in [0.15, 0.2) is 0 Å². The zero-order chi connectivity index (χ0) is 11.4. The van der Waals surface area contributed by atoms with Gasteiger partial charge in [0.25, 0.3) is 0 Å². The number of hydrogen-bond donors (Lipinski definition) is 1. The number of benzene rings is 1. The summed E-state index contributed by atoms with van der Waals surface area (Å²) in [4.78, 5) is 11.5. The van der Waals surface area contributed by atoms with Crippen molar-refractivity contribution in [2.45, 2.75) is 31.7 Å². The Morgan fingerprint density at radius 2 is 1.88 bits per heavy atom. The highest BCUT2D eigenvalue weighted by Crippen LogP contribution is 2.32. The first-order valence-corrected chi connectivity index (χ1v) is 6.22. The van der Waals surface area contributed by atoms with Crippen LogP contribution in [-0.2, 0) is 17.2 Å². The standard InChI is InChI=1S/C13H16ClNO/c14-8-11-3-5-12(6-4-11)9-15-13(16)7-10-1-2-10/h3-6,10H,1-2,7-9H2,(H,15,16). The lowest BCUT2D eigenvalue weighted by Gasteiger charge is -2.05. The molecular weight excluding hydrogens is 222 g/mol. The summed E-state index contributed by atoms with van der Waals surface area (Å²) in [5.74, 6) is 1.36. The van der Waals surface area contributed by atoms with Gasteiger partial charge in [-0.15, -0.1) is 11.6 Å². The minimum atomic E-state index is 0.170. The van der Waals surface area contributed by atoms with Gasteiger partial charge < -0.3 is 5.32 Å². The number of hydrogen-bond acceptors (Lipinski definition) is 1. The van der Waals surface area contributed by atoms with E-state index in [0.29, 0.717) is 24.8 Å². The number of alkyl halides is 1. The van der Waals surface area contributed by atoms with Gasteiger partial charge in [0.1, 0.15) is 0 Å². The van der Waals surface area contributed by atoms with Gasteiger partial charge in [0.2, 0.25) is 5.91 Å². The van der Waals surface area contributed by atoms with E-state index < -0.39 is 0 Å². The van der Waals surface area contributed by atoms with Gasteiger partial charge in [-0.2, -0.15) is 0 Å². The SMILES string of the molecule is O=C(CC1CC1)NCc1ccc(CCl)cc1. The Labute approximate surface area is 101 Å². The molecule has 16 heavy (non-hydrogen) atoms. The largest absolute Gasteiger partial charge is 0.352 e. The van der Waals surface area contributed by atoms with E-state index in [2.05, 4.69) is 5.32 Å². The molecule has 0 heterocycles. The monoisotopic (exact) mass is 237 g/mol. The van der Waals surface area contributed by atoms with E-state index in [-0.39, 0.29) is 5.91 Å². The average Bonchev–Trinajstić information content (AvgIpc) is 3.11. The van der Waals surface area contributed by atoms with Crippen LogP contribution < -0.4 is 5.32 Å². The number of nitrogens with one attached hydrogen (secondary N) is 1.